The summed E-state index contributed by atoms with van der Waals surface area (Å²) < 4.78 is 5.90. The van der Waals surface area contributed by atoms with Gasteiger partial charge >= 0.3 is 0 Å². The van der Waals surface area contributed by atoms with Gasteiger partial charge in [-0.2, -0.15) is 0 Å². The average molecular weight is 453 g/mol. The number of nitrogens with zero attached hydrogens (tertiary/aromatic N) is 3. The van der Waals surface area contributed by atoms with Gasteiger partial charge in [-0.3, -0.25) is 20.3 Å². The van der Waals surface area contributed by atoms with Crippen LogP contribution in [-0.2, 0) is 11.4 Å². The van der Waals surface area contributed by atoms with Crippen LogP contribution in [0.15, 0.2) is 58.9 Å². The molecule has 1 aromatic heterocycles. The van der Waals surface area contributed by atoms with Crippen LogP contribution in [0.1, 0.15) is 16.7 Å². The quantitative estimate of drug-likeness (QED) is 0.320. The van der Waals surface area contributed by atoms with E-state index < -0.39 is 10.8 Å². The van der Waals surface area contributed by atoms with Crippen molar-refractivity contribution in [2.24, 2.45) is 0 Å². The Labute approximate surface area is 185 Å². The third-order valence-corrected chi connectivity index (χ3v) is 6.08. The van der Waals surface area contributed by atoms with E-state index in [-0.39, 0.29) is 22.4 Å². The standard InChI is InChI=1S/C21H16N4O4S2/c1-13-2-4-14(5-3-13)12-29-17-7-6-16(25(27)28)10-15(17)11-18-19(26)24(20(22)31-18)21-23-8-9-30-21/h2-11,22H,12H2,1H3. The first kappa shape index (κ1) is 20.8. The molecule has 1 amide bonds. The number of benzene rings is 2. The second kappa shape index (κ2) is 8.70. The number of aryl methyl sites for hydroxylation is 1. The van der Waals surface area contributed by atoms with Crippen molar-refractivity contribution < 1.29 is 14.5 Å². The summed E-state index contributed by atoms with van der Waals surface area (Å²) in [6.45, 7) is 2.27. The SMILES string of the molecule is Cc1ccc(COc2ccc([N+](=O)[O-])cc2C=C2SC(=N)N(c3nccs3)C2=O)cc1. The van der Waals surface area contributed by atoms with E-state index in [1.54, 1.807) is 11.6 Å². The van der Waals surface area contributed by atoms with Gasteiger partial charge in [-0.25, -0.2) is 9.88 Å². The molecule has 0 bridgehead atoms. The Morgan fingerprint density at radius 3 is 2.71 bits per heavy atom. The van der Waals surface area contributed by atoms with E-state index in [4.69, 9.17) is 10.1 Å². The first-order chi connectivity index (χ1) is 14.9. The molecule has 0 aliphatic carbocycles. The molecule has 1 N–H and O–H groups in total. The summed E-state index contributed by atoms with van der Waals surface area (Å²) in [4.78, 5) is 29.2. The van der Waals surface area contributed by atoms with Gasteiger partial charge in [0.15, 0.2) is 10.3 Å². The first-order valence-corrected chi connectivity index (χ1v) is 10.8. The topological polar surface area (TPSA) is 109 Å². The first-order valence-electron chi connectivity index (χ1n) is 9.11. The van der Waals surface area contributed by atoms with E-state index in [9.17, 15) is 14.9 Å². The third-order valence-electron chi connectivity index (χ3n) is 4.44. The highest BCUT2D eigenvalue weighted by atomic mass is 32.2. The maximum absolute atomic E-state index is 12.8. The van der Waals surface area contributed by atoms with Crippen molar-refractivity contribution in [1.82, 2.24) is 4.98 Å². The second-order valence-corrected chi connectivity index (χ2v) is 8.53. The van der Waals surface area contributed by atoms with Crippen molar-refractivity contribution >= 4 is 51.1 Å². The van der Waals surface area contributed by atoms with Gasteiger partial charge in [0.25, 0.3) is 11.6 Å². The smallest absolute Gasteiger partial charge is 0.273 e. The Morgan fingerprint density at radius 1 is 1.26 bits per heavy atom. The highest BCUT2D eigenvalue weighted by molar-refractivity contribution is 8.19. The summed E-state index contributed by atoms with van der Waals surface area (Å²) in [7, 11) is 0. The normalized spacial score (nSPS) is 15.0. The molecule has 0 unspecified atom stereocenters. The van der Waals surface area contributed by atoms with E-state index in [0.717, 1.165) is 22.9 Å². The lowest BCUT2D eigenvalue weighted by molar-refractivity contribution is -0.384. The number of nitro groups is 1. The van der Waals surface area contributed by atoms with Gasteiger partial charge in [-0.1, -0.05) is 29.8 Å². The molecule has 156 valence electrons. The number of hydrogen-bond acceptors (Lipinski definition) is 8. The number of non-ortho nitro benzene ring substituents is 1. The summed E-state index contributed by atoms with van der Waals surface area (Å²) in [6.07, 6.45) is 3.08. The van der Waals surface area contributed by atoms with Crippen molar-refractivity contribution in [1.29, 1.82) is 5.41 Å². The molecular weight excluding hydrogens is 436 g/mol. The van der Waals surface area contributed by atoms with Crippen LogP contribution >= 0.6 is 23.1 Å². The number of rotatable bonds is 6. The minimum atomic E-state index is -0.501. The molecule has 3 aromatic rings. The molecule has 0 saturated carbocycles. The minimum absolute atomic E-state index is 0.0266. The zero-order valence-corrected chi connectivity index (χ0v) is 17.9. The molecule has 2 aromatic carbocycles. The molecular formula is C21H16N4O4S2. The summed E-state index contributed by atoms with van der Waals surface area (Å²) in [5, 5.41) is 21.5. The van der Waals surface area contributed by atoms with E-state index in [1.807, 2.05) is 31.2 Å². The highest BCUT2D eigenvalue weighted by Gasteiger charge is 2.35. The van der Waals surface area contributed by atoms with Crippen LogP contribution in [0.4, 0.5) is 10.8 Å². The van der Waals surface area contributed by atoms with Crippen molar-refractivity contribution in [2.75, 3.05) is 4.90 Å². The van der Waals surface area contributed by atoms with Crippen LogP contribution in [0.3, 0.4) is 0 Å². The predicted octanol–water partition coefficient (Wildman–Crippen LogP) is 4.99. The highest BCUT2D eigenvalue weighted by Crippen LogP contribution is 2.37. The predicted molar refractivity (Wildman–Crippen MR) is 122 cm³/mol. The Hall–Kier alpha value is -3.50. The number of thiazole rings is 1. The molecule has 1 aliphatic rings. The maximum atomic E-state index is 12.8. The number of anilines is 1. The molecule has 2 heterocycles. The maximum Gasteiger partial charge on any atom is 0.273 e. The van der Waals surface area contributed by atoms with Crippen molar-refractivity contribution in [3.63, 3.8) is 0 Å². The fourth-order valence-corrected chi connectivity index (χ4v) is 4.40. The Bertz CT molecular complexity index is 1190. The average Bonchev–Trinajstić information content (AvgIpc) is 3.36. The molecule has 4 rings (SSSR count). The van der Waals surface area contributed by atoms with Crippen LogP contribution in [0.25, 0.3) is 6.08 Å². The lowest BCUT2D eigenvalue weighted by atomic mass is 10.1. The van der Waals surface area contributed by atoms with Gasteiger partial charge in [0.2, 0.25) is 0 Å². The molecule has 1 fully saturated rings. The molecule has 0 atom stereocenters. The summed E-state index contributed by atoms with van der Waals surface area (Å²) >= 11 is 2.23. The summed E-state index contributed by atoms with van der Waals surface area (Å²) in [5.41, 5.74) is 2.36. The van der Waals surface area contributed by atoms with Gasteiger partial charge in [-0.15, -0.1) is 11.3 Å². The number of nitrogens with one attached hydrogen (secondary N) is 1. The molecule has 1 saturated heterocycles. The van der Waals surface area contributed by atoms with Crippen LogP contribution in [0.2, 0.25) is 0 Å². The molecule has 0 radical (unpaired) electrons. The number of amides is 1. The number of carbonyl (C=O) groups excluding carboxylic acids is 1. The number of carbonyl (C=O) groups is 1. The van der Waals surface area contributed by atoms with Crippen LogP contribution in [-0.4, -0.2) is 21.0 Å². The van der Waals surface area contributed by atoms with Crippen LogP contribution in [0.5, 0.6) is 5.75 Å². The van der Waals surface area contributed by atoms with E-state index in [2.05, 4.69) is 4.98 Å². The molecule has 10 heteroatoms. The minimum Gasteiger partial charge on any atom is -0.488 e. The number of aromatic nitrogens is 1. The van der Waals surface area contributed by atoms with Crippen molar-refractivity contribution in [3.05, 3.63) is 85.8 Å². The van der Waals surface area contributed by atoms with E-state index in [1.165, 1.54) is 40.5 Å². The van der Waals surface area contributed by atoms with Gasteiger partial charge in [0.1, 0.15) is 12.4 Å². The van der Waals surface area contributed by atoms with E-state index >= 15 is 0 Å². The molecule has 8 nitrogen and oxygen atoms in total. The number of ether oxygens (including phenoxy) is 1. The fraction of sp³-hybridized carbons (Fsp3) is 0.0952. The van der Waals surface area contributed by atoms with Crippen molar-refractivity contribution in [2.45, 2.75) is 13.5 Å². The monoisotopic (exact) mass is 452 g/mol. The fourth-order valence-electron chi connectivity index (χ4n) is 2.87. The zero-order valence-electron chi connectivity index (χ0n) is 16.3. The number of hydrogen-bond donors (Lipinski definition) is 1. The van der Waals surface area contributed by atoms with Gasteiger partial charge in [-0.05, 0) is 36.4 Å². The Balaban J connectivity index is 1.65. The van der Waals surface area contributed by atoms with Crippen molar-refractivity contribution in [3.8, 4) is 5.75 Å². The Kier molecular flexibility index (Phi) is 5.83. The van der Waals surface area contributed by atoms with Gasteiger partial charge < -0.3 is 4.74 Å². The number of thioether (sulfide) groups is 1. The van der Waals surface area contributed by atoms with Gasteiger partial charge in [0.05, 0.1) is 9.83 Å². The van der Waals surface area contributed by atoms with Crippen LogP contribution in [0, 0.1) is 22.4 Å². The zero-order chi connectivity index (χ0) is 22.0. The second-order valence-electron chi connectivity index (χ2n) is 6.62. The third kappa shape index (κ3) is 4.49. The molecule has 0 spiro atoms. The lowest BCUT2D eigenvalue weighted by Crippen LogP contribution is -2.27. The van der Waals surface area contributed by atoms with Gasteiger partial charge in [0, 0.05) is 29.3 Å². The summed E-state index contributed by atoms with van der Waals surface area (Å²) in [5.74, 6) is 0.00671. The number of nitro benzene ring substituents is 1. The largest absolute Gasteiger partial charge is 0.488 e. The molecule has 1 aliphatic heterocycles. The summed E-state index contributed by atoms with van der Waals surface area (Å²) in [6, 6.07) is 12.1. The Morgan fingerprint density at radius 2 is 2.03 bits per heavy atom. The van der Waals surface area contributed by atoms with E-state index in [0.29, 0.717) is 16.4 Å². The lowest BCUT2D eigenvalue weighted by Gasteiger charge is -2.11. The number of amidine groups is 1. The molecule has 31 heavy (non-hydrogen) atoms. The van der Waals surface area contributed by atoms with Crippen LogP contribution < -0.4 is 9.64 Å².